The smallest absolute Gasteiger partial charge is 0.149 e. The molecule has 0 amide bonds. The SMILES string of the molecule is CC1CN2CCCC2CN1CC(=O)C1CC1. The third-order valence-electron chi connectivity index (χ3n) is 4.46. The molecule has 0 aromatic heterocycles. The van der Waals surface area contributed by atoms with Crippen molar-refractivity contribution in [1.82, 2.24) is 9.80 Å². The first kappa shape index (κ1) is 10.7. The lowest BCUT2D eigenvalue weighted by Gasteiger charge is -2.42. The van der Waals surface area contributed by atoms with E-state index >= 15 is 0 Å². The molecule has 0 spiro atoms. The van der Waals surface area contributed by atoms with Crippen LogP contribution < -0.4 is 0 Å². The van der Waals surface area contributed by atoms with Crippen LogP contribution in [0.1, 0.15) is 32.6 Å². The van der Waals surface area contributed by atoms with E-state index in [2.05, 4.69) is 16.7 Å². The van der Waals surface area contributed by atoms with Crippen LogP contribution in [0, 0.1) is 5.92 Å². The van der Waals surface area contributed by atoms with Crippen molar-refractivity contribution in [3.8, 4) is 0 Å². The molecule has 2 unspecified atom stereocenters. The summed E-state index contributed by atoms with van der Waals surface area (Å²) in [6.07, 6.45) is 4.98. The van der Waals surface area contributed by atoms with Gasteiger partial charge >= 0.3 is 0 Å². The fraction of sp³-hybridized carbons (Fsp3) is 0.923. The summed E-state index contributed by atoms with van der Waals surface area (Å²) < 4.78 is 0. The Hall–Kier alpha value is -0.410. The van der Waals surface area contributed by atoms with Gasteiger partial charge in [-0.15, -0.1) is 0 Å². The first-order valence-electron chi connectivity index (χ1n) is 6.75. The van der Waals surface area contributed by atoms with Crippen LogP contribution in [0.4, 0.5) is 0 Å². The Bertz CT molecular complexity index is 288. The van der Waals surface area contributed by atoms with Crippen molar-refractivity contribution in [3.63, 3.8) is 0 Å². The molecule has 2 atom stereocenters. The normalized spacial score (nSPS) is 36.3. The summed E-state index contributed by atoms with van der Waals surface area (Å²) in [5.74, 6) is 0.923. The van der Waals surface area contributed by atoms with E-state index in [4.69, 9.17) is 0 Å². The molecule has 0 bridgehead atoms. The Morgan fingerprint density at radius 3 is 2.81 bits per heavy atom. The van der Waals surface area contributed by atoms with Crippen molar-refractivity contribution in [2.75, 3.05) is 26.2 Å². The molecule has 2 saturated heterocycles. The van der Waals surface area contributed by atoms with Gasteiger partial charge in [-0.3, -0.25) is 14.6 Å². The number of piperazine rings is 1. The average Bonchev–Trinajstić information content (AvgIpc) is 3.01. The predicted octanol–water partition coefficient (Wildman–Crippen LogP) is 1.13. The lowest BCUT2D eigenvalue weighted by Crippen LogP contribution is -2.56. The Morgan fingerprint density at radius 1 is 1.25 bits per heavy atom. The number of rotatable bonds is 3. The van der Waals surface area contributed by atoms with Crippen molar-refractivity contribution in [3.05, 3.63) is 0 Å². The van der Waals surface area contributed by atoms with Gasteiger partial charge in [0.25, 0.3) is 0 Å². The van der Waals surface area contributed by atoms with E-state index in [0.29, 0.717) is 17.7 Å². The van der Waals surface area contributed by atoms with Crippen LogP contribution >= 0.6 is 0 Å². The highest BCUT2D eigenvalue weighted by atomic mass is 16.1. The maximum absolute atomic E-state index is 11.9. The zero-order chi connectivity index (χ0) is 11.1. The van der Waals surface area contributed by atoms with E-state index in [1.807, 2.05) is 0 Å². The van der Waals surface area contributed by atoms with Crippen molar-refractivity contribution in [1.29, 1.82) is 0 Å². The summed E-state index contributed by atoms with van der Waals surface area (Å²) in [7, 11) is 0. The van der Waals surface area contributed by atoms with Gasteiger partial charge in [0.15, 0.2) is 0 Å². The van der Waals surface area contributed by atoms with Gasteiger partial charge in [-0.25, -0.2) is 0 Å². The molecule has 1 aliphatic carbocycles. The van der Waals surface area contributed by atoms with E-state index in [-0.39, 0.29) is 0 Å². The van der Waals surface area contributed by atoms with E-state index < -0.39 is 0 Å². The fourth-order valence-electron chi connectivity index (χ4n) is 3.20. The minimum atomic E-state index is 0.425. The van der Waals surface area contributed by atoms with Crippen molar-refractivity contribution in [2.24, 2.45) is 5.92 Å². The fourth-order valence-corrected chi connectivity index (χ4v) is 3.20. The lowest BCUT2D eigenvalue weighted by atomic mass is 10.1. The molecule has 0 aromatic carbocycles. The first-order chi connectivity index (χ1) is 7.74. The molecule has 3 rings (SSSR count). The van der Waals surface area contributed by atoms with Gasteiger partial charge < -0.3 is 0 Å². The number of hydrogen-bond donors (Lipinski definition) is 0. The lowest BCUT2D eigenvalue weighted by molar-refractivity contribution is -0.122. The third-order valence-corrected chi connectivity index (χ3v) is 4.46. The summed E-state index contributed by atoms with van der Waals surface area (Å²) in [5, 5.41) is 0. The van der Waals surface area contributed by atoms with Crippen LogP contribution in [0.25, 0.3) is 0 Å². The minimum absolute atomic E-state index is 0.425. The highest BCUT2D eigenvalue weighted by Crippen LogP contribution is 2.31. The summed E-state index contributed by atoms with van der Waals surface area (Å²) in [5.41, 5.74) is 0. The minimum Gasteiger partial charge on any atom is -0.298 e. The van der Waals surface area contributed by atoms with Crippen LogP contribution in [-0.4, -0.2) is 53.8 Å². The summed E-state index contributed by atoms with van der Waals surface area (Å²) in [4.78, 5) is 16.9. The number of ketones is 1. The second-order valence-corrected chi connectivity index (χ2v) is 5.81. The summed E-state index contributed by atoms with van der Waals surface area (Å²) in [6, 6.07) is 1.31. The second kappa shape index (κ2) is 4.11. The monoisotopic (exact) mass is 222 g/mol. The van der Waals surface area contributed by atoms with Gasteiger partial charge in [-0.1, -0.05) is 0 Å². The number of carbonyl (C=O) groups excluding carboxylic acids is 1. The van der Waals surface area contributed by atoms with E-state index in [0.717, 1.165) is 32.0 Å². The molecule has 3 heteroatoms. The number of carbonyl (C=O) groups is 1. The third kappa shape index (κ3) is 2.03. The maximum atomic E-state index is 11.9. The van der Waals surface area contributed by atoms with Gasteiger partial charge in [0.05, 0.1) is 6.54 Å². The standard InChI is InChI=1S/C13H22N2O/c1-10-7-14-6-2-3-12(14)8-15(10)9-13(16)11-4-5-11/h10-12H,2-9H2,1H3. The Morgan fingerprint density at radius 2 is 2.06 bits per heavy atom. The average molecular weight is 222 g/mol. The van der Waals surface area contributed by atoms with Gasteiger partial charge in [-0.05, 0) is 39.2 Å². The van der Waals surface area contributed by atoms with E-state index in [1.165, 1.54) is 25.9 Å². The van der Waals surface area contributed by atoms with Gasteiger partial charge in [0, 0.05) is 31.1 Å². The molecule has 16 heavy (non-hydrogen) atoms. The van der Waals surface area contributed by atoms with Gasteiger partial charge in [0.1, 0.15) is 5.78 Å². The van der Waals surface area contributed by atoms with Crippen molar-refractivity contribution < 1.29 is 4.79 Å². The summed E-state index contributed by atoms with van der Waals surface area (Å²) in [6.45, 7) is 6.56. The van der Waals surface area contributed by atoms with Crippen LogP contribution in [0.2, 0.25) is 0 Å². The van der Waals surface area contributed by atoms with Crippen molar-refractivity contribution in [2.45, 2.75) is 44.7 Å². The number of nitrogens with zero attached hydrogens (tertiary/aromatic N) is 2. The first-order valence-corrected chi connectivity index (χ1v) is 6.75. The molecule has 3 aliphatic rings. The van der Waals surface area contributed by atoms with Gasteiger partial charge in [-0.2, -0.15) is 0 Å². The molecule has 1 saturated carbocycles. The molecular formula is C13H22N2O. The Kier molecular flexibility index (Phi) is 2.76. The van der Waals surface area contributed by atoms with E-state index in [9.17, 15) is 4.79 Å². The molecule has 3 nitrogen and oxygen atoms in total. The predicted molar refractivity (Wildman–Crippen MR) is 63.4 cm³/mol. The zero-order valence-corrected chi connectivity index (χ0v) is 10.2. The summed E-state index contributed by atoms with van der Waals surface area (Å²) >= 11 is 0. The van der Waals surface area contributed by atoms with E-state index in [1.54, 1.807) is 0 Å². The largest absolute Gasteiger partial charge is 0.298 e. The molecule has 3 fully saturated rings. The number of fused-ring (bicyclic) bond motifs is 1. The Balaban J connectivity index is 1.59. The molecule has 90 valence electrons. The van der Waals surface area contributed by atoms with Crippen molar-refractivity contribution >= 4 is 5.78 Å². The topological polar surface area (TPSA) is 23.6 Å². The molecule has 2 aliphatic heterocycles. The molecule has 2 heterocycles. The number of hydrogen-bond acceptors (Lipinski definition) is 3. The highest BCUT2D eigenvalue weighted by molar-refractivity contribution is 5.85. The maximum Gasteiger partial charge on any atom is 0.149 e. The van der Waals surface area contributed by atoms with Crippen LogP contribution in [-0.2, 0) is 4.79 Å². The zero-order valence-electron chi connectivity index (χ0n) is 10.2. The van der Waals surface area contributed by atoms with Gasteiger partial charge in [0.2, 0.25) is 0 Å². The Labute approximate surface area is 97.8 Å². The molecule has 0 radical (unpaired) electrons. The van der Waals surface area contributed by atoms with Crippen LogP contribution in [0.15, 0.2) is 0 Å². The molecule has 0 aromatic rings. The van der Waals surface area contributed by atoms with Crippen LogP contribution in [0.3, 0.4) is 0 Å². The molecule has 0 N–H and O–H groups in total. The molecular weight excluding hydrogens is 200 g/mol. The van der Waals surface area contributed by atoms with Crippen LogP contribution in [0.5, 0.6) is 0 Å². The quantitative estimate of drug-likeness (QED) is 0.715. The highest BCUT2D eigenvalue weighted by Gasteiger charge is 2.37. The second-order valence-electron chi connectivity index (χ2n) is 5.81. The number of Topliss-reactive ketones (excluding diaryl/α,β-unsaturated/α-hetero) is 1.